The molecule has 2 amide bonds. The minimum Gasteiger partial charge on any atom is -0.327 e. The first-order chi connectivity index (χ1) is 14.4. The maximum Gasteiger partial charge on any atom is 0.256 e. The fourth-order valence-electron chi connectivity index (χ4n) is 3.82. The molecule has 11 heteroatoms. The molecule has 1 unspecified atom stereocenters. The molecule has 1 aromatic heterocycles. The lowest BCUT2D eigenvalue weighted by molar-refractivity contribution is -0.119. The zero-order chi connectivity index (χ0) is 21.3. The van der Waals surface area contributed by atoms with Crippen molar-refractivity contribution in [2.45, 2.75) is 36.6 Å². The van der Waals surface area contributed by atoms with Gasteiger partial charge < -0.3 is 10.2 Å². The number of halogens is 1. The Morgan fingerprint density at radius 1 is 1.17 bits per heavy atom. The monoisotopic (exact) mass is 468 g/mol. The first kappa shape index (κ1) is 21.2. The van der Waals surface area contributed by atoms with Crippen LogP contribution in [0.5, 0.6) is 0 Å². The molecule has 160 valence electrons. The van der Waals surface area contributed by atoms with Gasteiger partial charge in [-0.1, -0.05) is 11.6 Å². The van der Waals surface area contributed by atoms with Crippen molar-refractivity contribution in [3.05, 3.63) is 40.4 Å². The molecule has 2 saturated heterocycles. The maximum absolute atomic E-state index is 13.2. The van der Waals surface area contributed by atoms with Gasteiger partial charge in [-0.25, -0.2) is 13.4 Å². The summed E-state index contributed by atoms with van der Waals surface area (Å²) in [5.41, 5.74) is 0.0888. The Hall–Kier alpha value is -2.01. The Morgan fingerprint density at radius 3 is 2.63 bits per heavy atom. The van der Waals surface area contributed by atoms with Gasteiger partial charge in [-0.3, -0.25) is 9.59 Å². The number of nitrogens with one attached hydrogen (secondary N) is 1. The number of hydrogen-bond acceptors (Lipinski definition) is 6. The van der Waals surface area contributed by atoms with E-state index in [1.807, 2.05) is 0 Å². The Kier molecular flexibility index (Phi) is 6.10. The number of sulfonamides is 1. The van der Waals surface area contributed by atoms with Gasteiger partial charge in [0.1, 0.15) is 6.04 Å². The fraction of sp³-hybridized carbons (Fsp3) is 0.421. The Labute approximate surface area is 183 Å². The molecule has 0 aliphatic carbocycles. The average molecular weight is 469 g/mol. The molecule has 0 bridgehead atoms. The summed E-state index contributed by atoms with van der Waals surface area (Å²) in [4.78, 5) is 31.4. The van der Waals surface area contributed by atoms with Gasteiger partial charge in [-0.2, -0.15) is 4.31 Å². The number of amides is 2. The second-order valence-corrected chi connectivity index (χ2v) is 10.5. The second-order valence-electron chi connectivity index (χ2n) is 7.24. The second kappa shape index (κ2) is 8.62. The molecule has 2 fully saturated rings. The number of carbonyl (C=O) groups is 2. The molecule has 3 heterocycles. The maximum atomic E-state index is 13.2. The molecular weight excluding hydrogens is 448 g/mol. The molecule has 2 aromatic rings. The van der Waals surface area contributed by atoms with Crippen LogP contribution in [0.4, 0.5) is 5.13 Å². The van der Waals surface area contributed by atoms with Crippen molar-refractivity contribution < 1.29 is 18.0 Å². The number of hydrogen-bond donors (Lipinski definition) is 1. The number of anilines is 1. The highest BCUT2D eigenvalue weighted by Gasteiger charge is 2.36. The molecule has 8 nitrogen and oxygen atoms in total. The number of aromatic nitrogens is 1. The minimum absolute atomic E-state index is 0.0418. The van der Waals surface area contributed by atoms with Crippen LogP contribution in [0.25, 0.3) is 0 Å². The lowest BCUT2D eigenvalue weighted by Crippen LogP contribution is -2.43. The molecule has 1 atom stereocenters. The van der Waals surface area contributed by atoms with Crippen molar-refractivity contribution in [2.24, 2.45) is 0 Å². The minimum atomic E-state index is -3.68. The highest BCUT2D eigenvalue weighted by Crippen LogP contribution is 2.29. The van der Waals surface area contributed by atoms with Crippen LogP contribution in [0.3, 0.4) is 0 Å². The van der Waals surface area contributed by atoms with E-state index in [0.717, 1.165) is 12.8 Å². The van der Waals surface area contributed by atoms with Crippen LogP contribution in [-0.4, -0.2) is 60.1 Å². The number of likely N-dealkylation sites (tertiary alicyclic amines) is 1. The van der Waals surface area contributed by atoms with Crippen LogP contribution in [-0.2, 0) is 14.8 Å². The molecule has 0 saturated carbocycles. The third-order valence-electron chi connectivity index (χ3n) is 5.35. The number of rotatable bonds is 5. The molecule has 4 rings (SSSR count). The molecule has 0 radical (unpaired) electrons. The van der Waals surface area contributed by atoms with Crippen molar-refractivity contribution in [3.63, 3.8) is 0 Å². The highest BCUT2D eigenvalue weighted by atomic mass is 35.5. The number of thiazole rings is 1. The Morgan fingerprint density at radius 2 is 1.93 bits per heavy atom. The van der Waals surface area contributed by atoms with E-state index in [1.165, 1.54) is 38.7 Å². The van der Waals surface area contributed by atoms with Gasteiger partial charge in [0.2, 0.25) is 15.9 Å². The van der Waals surface area contributed by atoms with Crippen molar-refractivity contribution >= 4 is 49.9 Å². The summed E-state index contributed by atoms with van der Waals surface area (Å²) in [5, 5.41) is 5.10. The van der Waals surface area contributed by atoms with Crippen LogP contribution in [0.2, 0.25) is 5.02 Å². The molecule has 1 aromatic carbocycles. The summed E-state index contributed by atoms with van der Waals surface area (Å²) < 4.78 is 27.2. The number of benzene rings is 1. The molecule has 30 heavy (non-hydrogen) atoms. The third kappa shape index (κ3) is 4.09. The van der Waals surface area contributed by atoms with Gasteiger partial charge in [0.15, 0.2) is 5.13 Å². The Bertz CT molecular complexity index is 1050. The van der Waals surface area contributed by atoms with Crippen LogP contribution in [0.15, 0.2) is 34.7 Å². The third-order valence-corrected chi connectivity index (χ3v) is 8.26. The van der Waals surface area contributed by atoms with Crippen LogP contribution >= 0.6 is 22.9 Å². The smallest absolute Gasteiger partial charge is 0.256 e. The van der Waals surface area contributed by atoms with Crippen molar-refractivity contribution in [3.8, 4) is 0 Å². The summed E-state index contributed by atoms with van der Waals surface area (Å²) >= 11 is 7.55. The largest absolute Gasteiger partial charge is 0.327 e. The van der Waals surface area contributed by atoms with Crippen molar-refractivity contribution in [2.75, 3.05) is 25.0 Å². The standard InChI is InChI=1S/C19H21ClN4O4S2/c20-15-6-5-13(30(27,28)23-8-1-2-9-23)12-14(15)18(26)24-10-3-4-16(24)17(25)22-19-21-7-11-29-19/h5-7,11-12,16H,1-4,8-10H2,(H,21,22,25). The summed E-state index contributed by atoms with van der Waals surface area (Å²) in [6.07, 6.45) is 4.42. The van der Waals surface area contributed by atoms with E-state index in [0.29, 0.717) is 37.6 Å². The topological polar surface area (TPSA) is 99.7 Å². The van der Waals surface area contributed by atoms with Gasteiger partial charge in [0.25, 0.3) is 5.91 Å². The van der Waals surface area contributed by atoms with E-state index >= 15 is 0 Å². The summed E-state index contributed by atoms with van der Waals surface area (Å²) in [5.74, 6) is -0.761. The van der Waals surface area contributed by atoms with Crippen LogP contribution < -0.4 is 5.32 Å². The van der Waals surface area contributed by atoms with Gasteiger partial charge in [-0.15, -0.1) is 11.3 Å². The number of nitrogens with zero attached hydrogens (tertiary/aromatic N) is 3. The zero-order valence-electron chi connectivity index (χ0n) is 16.1. The first-order valence-corrected chi connectivity index (χ1v) is 12.4. The van der Waals surface area contributed by atoms with Crippen molar-refractivity contribution in [1.82, 2.24) is 14.2 Å². The fourth-order valence-corrected chi connectivity index (χ4v) is 6.09. The highest BCUT2D eigenvalue weighted by molar-refractivity contribution is 7.89. The van der Waals surface area contributed by atoms with Gasteiger partial charge in [0.05, 0.1) is 15.5 Å². The van der Waals surface area contributed by atoms with E-state index in [1.54, 1.807) is 11.6 Å². The molecule has 2 aliphatic rings. The van der Waals surface area contributed by atoms with E-state index in [4.69, 9.17) is 11.6 Å². The zero-order valence-corrected chi connectivity index (χ0v) is 18.5. The van der Waals surface area contributed by atoms with Crippen LogP contribution in [0.1, 0.15) is 36.0 Å². The van der Waals surface area contributed by atoms with E-state index < -0.39 is 22.0 Å². The lowest BCUT2D eigenvalue weighted by Gasteiger charge is -2.24. The molecule has 1 N–H and O–H groups in total. The molecule has 0 spiro atoms. The van der Waals surface area contributed by atoms with Crippen LogP contribution in [0, 0.1) is 0 Å². The lowest BCUT2D eigenvalue weighted by atomic mass is 10.1. The Balaban J connectivity index is 1.58. The van der Waals surface area contributed by atoms with E-state index in [9.17, 15) is 18.0 Å². The summed E-state index contributed by atoms with van der Waals surface area (Å²) in [6, 6.07) is 3.52. The van der Waals surface area contributed by atoms with Gasteiger partial charge in [0, 0.05) is 31.2 Å². The molecular formula is C19H21ClN4O4S2. The van der Waals surface area contributed by atoms with Crippen molar-refractivity contribution in [1.29, 1.82) is 0 Å². The van der Waals surface area contributed by atoms with Gasteiger partial charge in [-0.05, 0) is 43.9 Å². The SMILES string of the molecule is O=C(Nc1nccs1)C1CCCN1C(=O)c1cc(S(=O)(=O)N2CCCC2)ccc1Cl. The predicted octanol–water partition coefficient (Wildman–Crippen LogP) is 2.82. The quantitative estimate of drug-likeness (QED) is 0.727. The first-order valence-electron chi connectivity index (χ1n) is 9.69. The predicted molar refractivity (Wildman–Crippen MR) is 114 cm³/mol. The average Bonchev–Trinajstić information content (AvgIpc) is 3.49. The normalized spacial score (nSPS) is 19.9. The molecule has 2 aliphatic heterocycles. The summed E-state index contributed by atoms with van der Waals surface area (Å²) in [7, 11) is -3.68. The van der Waals surface area contributed by atoms with Gasteiger partial charge >= 0.3 is 0 Å². The number of carbonyl (C=O) groups excluding carboxylic acids is 2. The van der Waals surface area contributed by atoms with E-state index in [2.05, 4.69) is 10.3 Å². The summed E-state index contributed by atoms with van der Waals surface area (Å²) in [6.45, 7) is 1.34. The van der Waals surface area contributed by atoms with E-state index in [-0.39, 0.29) is 21.4 Å².